The van der Waals surface area contributed by atoms with Crippen LogP contribution in [0, 0.1) is 0 Å². The van der Waals surface area contributed by atoms with Crippen molar-refractivity contribution in [1.82, 2.24) is 15.1 Å². The standard InChI is InChI=1S/C14H27N3O/c1-11-9-16-8-6-5-7-12(16)10-17(11)13(18)14(2,3)15-4/h11-12,15H,5-10H2,1-4H3. The van der Waals surface area contributed by atoms with E-state index in [1.54, 1.807) is 0 Å². The highest BCUT2D eigenvalue weighted by molar-refractivity contribution is 5.85. The van der Waals surface area contributed by atoms with Gasteiger partial charge in [-0.05, 0) is 47.2 Å². The van der Waals surface area contributed by atoms with Crippen LogP contribution in [-0.2, 0) is 4.79 Å². The van der Waals surface area contributed by atoms with Gasteiger partial charge >= 0.3 is 0 Å². The largest absolute Gasteiger partial charge is 0.336 e. The molecule has 2 rings (SSSR count). The number of fused-ring (bicyclic) bond motifs is 1. The van der Waals surface area contributed by atoms with Crippen LogP contribution in [0.2, 0.25) is 0 Å². The molecular weight excluding hydrogens is 226 g/mol. The first kappa shape index (κ1) is 13.8. The molecule has 0 saturated carbocycles. The number of hydrogen-bond donors (Lipinski definition) is 1. The van der Waals surface area contributed by atoms with Crippen molar-refractivity contribution in [1.29, 1.82) is 0 Å². The van der Waals surface area contributed by atoms with Crippen LogP contribution in [0.3, 0.4) is 0 Å². The molecule has 1 N–H and O–H groups in total. The van der Waals surface area contributed by atoms with E-state index in [1.807, 2.05) is 20.9 Å². The minimum atomic E-state index is -0.453. The molecule has 4 nitrogen and oxygen atoms in total. The fraction of sp³-hybridized carbons (Fsp3) is 0.929. The lowest BCUT2D eigenvalue weighted by Crippen LogP contribution is -2.64. The molecule has 2 aliphatic rings. The Labute approximate surface area is 111 Å². The maximum Gasteiger partial charge on any atom is 0.242 e. The number of carbonyl (C=O) groups excluding carboxylic acids is 1. The van der Waals surface area contributed by atoms with Gasteiger partial charge in [-0.2, -0.15) is 0 Å². The number of hydrogen-bond acceptors (Lipinski definition) is 3. The van der Waals surface area contributed by atoms with Crippen LogP contribution < -0.4 is 5.32 Å². The number of nitrogens with one attached hydrogen (secondary N) is 1. The second-order valence-corrected chi connectivity index (χ2v) is 6.33. The second-order valence-electron chi connectivity index (χ2n) is 6.33. The quantitative estimate of drug-likeness (QED) is 0.799. The zero-order chi connectivity index (χ0) is 13.3. The van der Waals surface area contributed by atoms with Gasteiger partial charge in [-0.1, -0.05) is 6.42 Å². The van der Waals surface area contributed by atoms with Crippen molar-refractivity contribution in [2.45, 2.75) is 57.7 Å². The highest BCUT2D eigenvalue weighted by atomic mass is 16.2. The van der Waals surface area contributed by atoms with E-state index >= 15 is 0 Å². The highest BCUT2D eigenvalue weighted by Gasteiger charge is 2.39. The summed E-state index contributed by atoms with van der Waals surface area (Å²) in [4.78, 5) is 17.2. The van der Waals surface area contributed by atoms with Gasteiger partial charge in [0.15, 0.2) is 0 Å². The van der Waals surface area contributed by atoms with E-state index in [4.69, 9.17) is 0 Å². The Bertz CT molecular complexity index is 316. The topological polar surface area (TPSA) is 35.6 Å². The summed E-state index contributed by atoms with van der Waals surface area (Å²) < 4.78 is 0. The average Bonchev–Trinajstić information content (AvgIpc) is 2.37. The molecule has 2 atom stereocenters. The third-order valence-corrected chi connectivity index (χ3v) is 4.61. The fourth-order valence-electron chi connectivity index (χ4n) is 3.10. The van der Waals surface area contributed by atoms with Crippen molar-refractivity contribution in [3.05, 3.63) is 0 Å². The van der Waals surface area contributed by atoms with E-state index < -0.39 is 5.54 Å². The molecule has 0 aromatic carbocycles. The SMILES string of the molecule is CNC(C)(C)C(=O)N1CC2CCCCN2CC1C. The van der Waals surface area contributed by atoms with Gasteiger partial charge in [0.2, 0.25) is 5.91 Å². The van der Waals surface area contributed by atoms with Crippen molar-refractivity contribution >= 4 is 5.91 Å². The number of nitrogens with zero attached hydrogens (tertiary/aromatic N) is 2. The summed E-state index contributed by atoms with van der Waals surface area (Å²) >= 11 is 0. The number of likely N-dealkylation sites (N-methyl/N-ethyl adjacent to an activating group) is 1. The van der Waals surface area contributed by atoms with Gasteiger partial charge in [0.1, 0.15) is 0 Å². The molecule has 0 spiro atoms. The molecule has 2 heterocycles. The summed E-state index contributed by atoms with van der Waals surface area (Å²) in [5.41, 5.74) is -0.453. The number of carbonyl (C=O) groups is 1. The molecular formula is C14H27N3O. The lowest BCUT2D eigenvalue weighted by Gasteiger charge is -2.49. The maximum absolute atomic E-state index is 12.6. The van der Waals surface area contributed by atoms with Crippen molar-refractivity contribution in [3.8, 4) is 0 Å². The molecule has 0 aromatic rings. The van der Waals surface area contributed by atoms with Crippen LogP contribution in [0.25, 0.3) is 0 Å². The summed E-state index contributed by atoms with van der Waals surface area (Å²) in [6.07, 6.45) is 3.88. The fourth-order valence-corrected chi connectivity index (χ4v) is 3.10. The lowest BCUT2D eigenvalue weighted by atomic mass is 9.94. The van der Waals surface area contributed by atoms with Crippen LogP contribution in [0.5, 0.6) is 0 Å². The number of piperazine rings is 1. The minimum absolute atomic E-state index is 0.239. The number of rotatable bonds is 2. The minimum Gasteiger partial charge on any atom is -0.336 e. The smallest absolute Gasteiger partial charge is 0.242 e. The molecule has 0 aromatic heterocycles. The zero-order valence-electron chi connectivity index (χ0n) is 12.2. The van der Waals surface area contributed by atoms with Crippen molar-refractivity contribution in [2.24, 2.45) is 0 Å². The third-order valence-electron chi connectivity index (χ3n) is 4.61. The van der Waals surface area contributed by atoms with E-state index in [2.05, 4.69) is 22.0 Å². The molecule has 2 fully saturated rings. The Morgan fingerprint density at radius 3 is 2.67 bits per heavy atom. The Morgan fingerprint density at radius 2 is 2.00 bits per heavy atom. The number of piperidine rings is 1. The molecule has 0 bridgehead atoms. The Hall–Kier alpha value is -0.610. The molecule has 2 unspecified atom stereocenters. The summed E-state index contributed by atoms with van der Waals surface area (Å²) in [5, 5.41) is 3.13. The zero-order valence-corrected chi connectivity index (χ0v) is 12.2. The lowest BCUT2D eigenvalue weighted by molar-refractivity contribution is -0.143. The average molecular weight is 253 g/mol. The summed E-state index contributed by atoms with van der Waals surface area (Å²) in [6, 6.07) is 0.922. The van der Waals surface area contributed by atoms with Crippen molar-refractivity contribution in [3.63, 3.8) is 0 Å². The number of amides is 1. The van der Waals surface area contributed by atoms with Gasteiger partial charge in [0, 0.05) is 25.2 Å². The normalized spacial score (nSPS) is 30.1. The molecule has 104 valence electrons. The molecule has 4 heteroatoms. The first-order valence-electron chi connectivity index (χ1n) is 7.19. The summed E-state index contributed by atoms with van der Waals surface area (Å²) in [7, 11) is 1.86. The van der Waals surface area contributed by atoms with E-state index in [9.17, 15) is 4.79 Å². The molecule has 0 radical (unpaired) electrons. The molecule has 2 saturated heterocycles. The third kappa shape index (κ3) is 2.54. The van der Waals surface area contributed by atoms with Gasteiger partial charge in [0.25, 0.3) is 0 Å². The predicted molar refractivity (Wildman–Crippen MR) is 73.5 cm³/mol. The maximum atomic E-state index is 12.6. The van der Waals surface area contributed by atoms with E-state index in [0.717, 1.165) is 13.1 Å². The molecule has 1 amide bonds. The van der Waals surface area contributed by atoms with Crippen LogP contribution in [0.1, 0.15) is 40.0 Å². The van der Waals surface area contributed by atoms with Crippen LogP contribution >= 0.6 is 0 Å². The van der Waals surface area contributed by atoms with E-state index in [-0.39, 0.29) is 5.91 Å². The van der Waals surface area contributed by atoms with E-state index in [1.165, 1.54) is 25.8 Å². The van der Waals surface area contributed by atoms with E-state index in [0.29, 0.717) is 12.1 Å². The Balaban J connectivity index is 2.07. The van der Waals surface area contributed by atoms with Gasteiger partial charge < -0.3 is 10.2 Å². The Kier molecular flexibility index (Phi) is 3.97. The van der Waals surface area contributed by atoms with Gasteiger partial charge in [0.05, 0.1) is 5.54 Å². The van der Waals surface area contributed by atoms with Crippen LogP contribution in [0.4, 0.5) is 0 Å². The van der Waals surface area contributed by atoms with Gasteiger partial charge in [-0.3, -0.25) is 9.69 Å². The van der Waals surface area contributed by atoms with Gasteiger partial charge in [-0.25, -0.2) is 0 Å². The summed E-state index contributed by atoms with van der Waals surface area (Å²) in [5.74, 6) is 0.239. The second kappa shape index (κ2) is 5.17. The van der Waals surface area contributed by atoms with Crippen LogP contribution in [0.15, 0.2) is 0 Å². The monoisotopic (exact) mass is 253 g/mol. The molecule has 0 aliphatic carbocycles. The van der Waals surface area contributed by atoms with Crippen LogP contribution in [-0.4, -0.2) is 60.0 Å². The Morgan fingerprint density at radius 1 is 1.28 bits per heavy atom. The molecule has 18 heavy (non-hydrogen) atoms. The first-order valence-corrected chi connectivity index (χ1v) is 7.19. The predicted octanol–water partition coefficient (Wildman–Crippen LogP) is 1.07. The van der Waals surface area contributed by atoms with Gasteiger partial charge in [-0.15, -0.1) is 0 Å². The van der Waals surface area contributed by atoms with Crippen molar-refractivity contribution < 1.29 is 4.79 Å². The first-order chi connectivity index (χ1) is 8.45. The molecule has 2 aliphatic heterocycles. The highest BCUT2D eigenvalue weighted by Crippen LogP contribution is 2.25. The van der Waals surface area contributed by atoms with Crippen molar-refractivity contribution in [2.75, 3.05) is 26.7 Å². The summed E-state index contributed by atoms with van der Waals surface area (Å²) in [6.45, 7) is 9.27.